The van der Waals surface area contributed by atoms with Crippen LogP contribution in [0.5, 0.6) is 17.2 Å². The summed E-state index contributed by atoms with van der Waals surface area (Å²) in [5, 5.41) is 29.8. The molecular weight excluding hydrogens is 296 g/mol. The first-order chi connectivity index (χ1) is 10.8. The van der Waals surface area contributed by atoms with Crippen LogP contribution in [0.15, 0.2) is 29.4 Å². The summed E-state index contributed by atoms with van der Waals surface area (Å²) in [6.07, 6.45) is 6.07. The molecule has 0 saturated carbocycles. The van der Waals surface area contributed by atoms with Crippen molar-refractivity contribution in [2.75, 3.05) is 7.11 Å². The van der Waals surface area contributed by atoms with E-state index in [-0.39, 0.29) is 23.3 Å². The predicted octanol–water partition coefficient (Wildman–Crippen LogP) is 3.83. The molecule has 0 unspecified atom stereocenters. The van der Waals surface area contributed by atoms with Gasteiger partial charge in [-0.15, -0.1) is 0 Å². The molecule has 0 fully saturated rings. The van der Waals surface area contributed by atoms with Crippen LogP contribution in [0.3, 0.4) is 0 Å². The Balaban J connectivity index is 3.00. The average molecular weight is 320 g/mol. The van der Waals surface area contributed by atoms with E-state index in [2.05, 4.69) is 10.8 Å². The molecule has 1 rings (SSSR count). The van der Waals surface area contributed by atoms with Crippen LogP contribution in [0.2, 0.25) is 0 Å². The Bertz CT molecular complexity index is 637. The molecular formula is C18H24O5. The van der Waals surface area contributed by atoms with E-state index in [1.54, 1.807) is 0 Å². The highest BCUT2D eigenvalue weighted by molar-refractivity contribution is 5.96. The van der Waals surface area contributed by atoms with Gasteiger partial charge in [-0.3, -0.25) is 0 Å². The fourth-order valence-corrected chi connectivity index (χ4v) is 2.15. The van der Waals surface area contributed by atoms with Gasteiger partial charge in [-0.25, -0.2) is 4.79 Å². The van der Waals surface area contributed by atoms with Crippen LogP contribution in [-0.4, -0.2) is 28.4 Å². The van der Waals surface area contributed by atoms with Crippen LogP contribution >= 0.6 is 0 Å². The van der Waals surface area contributed by atoms with E-state index in [0.29, 0.717) is 0 Å². The smallest absolute Gasteiger partial charge is 0.345 e. The lowest BCUT2D eigenvalue weighted by molar-refractivity contribution is 0.0593. The summed E-state index contributed by atoms with van der Waals surface area (Å²) < 4.78 is 4.53. The Kier molecular flexibility index (Phi) is 6.69. The molecule has 0 aliphatic carbocycles. The van der Waals surface area contributed by atoms with Crippen molar-refractivity contribution in [3.63, 3.8) is 0 Å². The quantitative estimate of drug-likeness (QED) is 0.548. The minimum absolute atomic E-state index is 0.185. The zero-order valence-electron chi connectivity index (χ0n) is 14.0. The first-order valence-electron chi connectivity index (χ1n) is 7.42. The van der Waals surface area contributed by atoms with Crippen molar-refractivity contribution >= 4 is 5.97 Å². The Labute approximate surface area is 136 Å². The maximum atomic E-state index is 11.6. The van der Waals surface area contributed by atoms with Crippen LogP contribution in [0.1, 0.15) is 49.5 Å². The number of hydrogen-bond donors (Lipinski definition) is 3. The van der Waals surface area contributed by atoms with Gasteiger partial charge in [0, 0.05) is 11.6 Å². The summed E-state index contributed by atoms with van der Waals surface area (Å²) in [6.45, 7) is 6.05. The summed E-state index contributed by atoms with van der Waals surface area (Å²) in [6, 6.07) is 1.04. The van der Waals surface area contributed by atoms with Crippen molar-refractivity contribution in [2.24, 2.45) is 0 Å². The number of esters is 1. The highest BCUT2D eigenvalue weighted by atomic mass is 16.5. The largest absolute Gasteiger partial charge is 0.507 e. The van der Waals surface area contributed by atoms with Crippen molar-refractivity contribution in [1.29, 1.82) is 0 Å². The van der Waals surface area contributed by atoms with Gasteiger partial charge in [0.25, 0.3) is 0 Å². The molecule has 0 bridgehead atoms. The Morgan fingerprint density at radius 3 is 2.35 bits per heavy atom. The fraction of sp³-hybridized carbons (Fsp3) is 0.389. The second-order valence-corrected chi connectivity index (χ2v) is 5.68. The number of ether oxygens (including phenoxy) is 1. The lowest BCUT2D eigenvalue weighted by Gasteiger charge is -2.11. The summed E-state index contributed by atoms with van der Waals surface area (Å²) in [4.78, 5) is 11.6. The van der Waals surface area contributed by atoms with Crippen molar-refractivity contribution < 1.29 is 24.9 Å². The molecule has 1 aromatic rings. The minimum atomic E-state index is -0.856. The van der Waals surface area contributed by atoms with Gasteiger partial charge < -0.3 is 20.1 Å². The number of methoxy groups -OCH3 is 1. The zero-order chi connectivity index (χ0) is 17.6. The highest BCUT2D eigenvalue weighted by Gasteiger charge is 2.22. The monoisotopic (exact) mass is 320 g/mol. The van der Waals surface area contributed by atoms with Crippen molar-refractivity contribution in [1.82, 2.24) is 0 Å². The third-order valence-electron chi connectivity index (χ3n) is 3.50. The normalized spacial score (nSPS) is 11.2. The van der Waals surface area contributed by atoms with E-state index in [1.807, 2.05) is 26.8 Å². The zero-order valence-corrected chi connectivity index (χ0v) is 14.0. The fourth-order valence-electron chi connectivity index (χ4n) is 2.15. The molecule has 0 aromatic heterocycles. The molecule has 3 N–H and O–H groups in total. The van der Waals surface area contributed by atoms with Gasteiger partial charge in [-0.05, 0) is 40.0 Å². The molecule has 126 valence electrons. The number of phenolic OH excluding ortho intramolecular Hbond substituents is 3. The minimum Gasteiger partial charge on any atom is -0.507 e. The van der Waals surface area contributed by atoms with Gasteiger partial charge in [0.15, 0.2) is 0 Å². The number of rotatable bonds is 6. The lowest BCUT2D eigenvalue weighted by atomic mass is 10.0. The van der Waals surface area contributed by atoms with Crippen LogP contribution in [-0.2, 0) is 11.2 Å². The Hall–Kier alpha value is -2.43. The topological polar surface area (TPSA) is 87.0 Å². The predicted molar refractivity (Wildman–Crippen MR) is 88.9 cm³/mol. The molecule has 5 nitrogen and oxygen atoms in total. The van der Waals surface area contributed by atoms with Crippen molar-refractivity contribution in [2.45, 2.75) is 40.0 Å². The molecule has 0 aliphatic heterocycles. The molecule has 0 spiro atoms. The number of carbonyl (C=O) groups excluding carboxylic acids is 1. The Morgan fingerprint density at radius 2 is 1.78 bits per heavy atom. The van der Waals surface area contributed by atoms with E-state index in [0.717, 1.165) is 31.6 Å². The second-order valence-electron chi connectivity index (χ2n) is 5.68. The number of phenols is 3. The molecule has 0 amide bonds. The summed E-state index contributed by atoms with van der Waals surface area (Å²) in [7, 11) is 1.15. The lowest BCUT2D eigenvalue weighted by Crippen LogP contribution is -2.04. The highest BCUT2D eigenvalue weighted by Crippen LogP contribution is 2.38. The summed E-state index contributed by atoms with van der Waals surface area (Å²) in [5.74, 6) is -2.09. The summed E-state index contributed by atoms with van der Waals surface area (Å²) >= 11 is 0. The number of allylic oxidation sites excluding steroid dienone is 4. The first-order valence-corrected chi connectivity index (χ1v) is 7.42. The molecule has 0 saturated heterocycles. The maximum absolute atomic E-state index is 11.6. The SMILES string of the molecule is COC(=O)c1c(O)cc(O)c(CC=C(C)CCC=C(C)C)c1O. The van der Waals surface area contributed by atoms with Gasteiger partial charge in [-0.2, -0.15) is 0 Å². The van der Waals surface area contributed by atoms with Gasteiger partial charge in [-0.1, -0.05) is 23.3 Å². The van der Waals surface area contributed by atoms with E-state index < -0.39 is 17.5 Å². The van der Waals surface area contributed by atoms with E-state index in [1.165, 1.54) is 5.57 Å². The van der Waals surface area contributed by atoms with E-state index in [4.69, 9.17) is 0 Å². The van der Waals surface area contributed by atoms with Gasteiger partial charge in [0.05, 0.1) is 7.11 Å². The van der Waals surface area contributed by atoms with E-state index >= 15 is 0 Å². The Morgan fingerprint density at radius 1 is 1.13 bits per heavy atom. The molecule has 0 atom stereocenters. The van der Waals surface area contributed by atoms with Gasteiger partial charge in [0.1, 0.15) is 22.8 Å². The number of hydrogen-bond acceptors (Lipinski definition) is 5. The maximum Gasteiger partial charge on any atom is 0.345 e. The first kappa shape index (κ1) is 18.6. The third-order valence-corrected chi connectivity index (χ3v) is 3.50. The number of aromatic hydroxyl groups is 3. The number of carbonyl (C=O) groups is 1. The number of benzene rings is 1. The van der Waals surface area contributed by atoms with Crippen LogP contribution in [0.25, 0.3) is 0 Å². The summed E-state index contributed by atoms with van der Waals surface area (Å²) in [5.41, 5.74) is 2.21. The molecule has 0 radical (unpaired) electrons. The molecule has 5 heteroatoms. The van der Waals surface area contributed by atoms with Crippen LogP contribution in [0, 0.1) is 0 Å². The second kappa shape index (κ2) is 8.27. The van der Waals surface area contributed by atoms with Crippen molar-refractivity contribution in [3.05, 3.63) is 40.5 Å². The van der Waals surface area contributed by atoms with Crippen LogP contribution in [0.4, 0.5) is 0 Å². The van der Waals surface area contributed by atoms with Gasteiger partial charge in [0.2, 0.25) is 0 Å². The average Bonchev–Trinajstić information content (AvgIpc) is 2.45. The van der Waals surface area contributed by atoms with Crippen molar-refractivity contribution in [3.8, 4) is 17.2 Å². The third kappa shape index (κ3) is 5.06. The van der Waals surface area contributed by atoms with E-state index in [9.17, 15) is 20.1 Å². The molecule has 1 aromatic carbocycles. The van der Waals surface area contributed by atoms with Crippen LogP contribution < -0.4 is 0 Å². The van der Waals surface area contributed by atoms with Gasteiger partial charge >= 0.3 is 5.97 Å². The standard InChI is InChI=1S/C18H24O5/c1-11(2)6-5-7-12(3)8-9-13-14(19)10-15(20)16(17(13)21)18(22)23-4/h6,8,10,19-21H,5,7,9H2,1-4H3. The molecule has 0 aliphatic rings. The molecule has 23 heavy (non-hydrogen) atoms. The molecule has 0 heterocycles.